The Kier molecular flexibility index (Phi) is 5.42. The third-order valence-corrected chi connectivity index (χ3v) is 4.22. The van der Waals surface area contributed by atoms with Crippen LogP contribution in [0.2, 0.25) is 0 Å². The molecule has 0 atom stereocenters. The first-order valence-corrected chi connectivity index (χ1v) is 7.60. The topological polar surface area (TPSA) is 28.2 Å². The monoisotopic (exact) mass is 253 g/mol. The number of likely N-dealkylation sites (tertiary alicyclic amines) is 1. The number of aromatic nitrogens is 1. The van der Waals surface area contributed by atoms with E-state index in [1.165, 1.54) is 43.9 Å². The third-order valence-electron chi connectivity index (χ3n) is 3.38. The van der Waals surface area contributed by atoms with Crippen molar-refractivity contribution in [2.24, 2.45) is 0 Å². The Morgan fingerprint density at radius 1 is 1.47 bits per heavy atom. The normalized spacial score (nSPS) is 18.6. The summed E-state index contributed by atoms with van der Waals surface area (Å²) < 4.78 is 0. The van der Waals surface area contributed by atoms with Gasteiger partial charge in [-0.05, 0) is 38.9 Å². The maximum atomic E-state index is 4.31. The molecule has 96 valence electrons. The van der Waals surface area contributed by atoms with E-state index in [4.69, 9.17) is 0 Å². The third kappa shape index (κ3) is 4.37. The number of piperidine rings is 1. The average Bonchev–Trinajstić information content (AvgIpc) is 2.85. The Balaban J connectivity index is 1.58. The predicted octanol–water partition coefficient (Wildman–Crippen LogP) is 2.15. The summed E-state index contributed by atoms with van der Waals surface area (Å²) in [5.74, 6) is 0. The van der Waals surface area contributed by atoms with Crippen molar-refractivity contribution in [3.05, 3.63) is 16.6 Å². The van der Waals surface area contributed by atoms with E-state index in [2.05, 4.69) is 27.5 Å². The molecule has 1 N–H and O–H groups in total. The van der Waals surface area contributed by atoms with Crippen LogP contribution in [0.4, 0.5) is 0 Å². The molecule has 3 nitrogen and oxygen atoms in total. The van der Waals surface area contributed by atoms with Gasteiger partial charge in [0.2, 0.25) is 0 Å². The van der Waals surface area contributed by atoms with Crippen LogP contribution in [0.3, 0.4) is 0 Å². The van der Waals surface area contributed by atoms with Crippen LogP contribution in [0.15, 0.2) is 11.6 Å². The zero-order valence-electron chi connectivity index (χ0n) is 10.7. The van der Waals surface area contributed by atoms with Crippen molar-refractivity contribution in [1.82, 2.24) is 15.2 Å². The first kappa shape index (κ1) is 13.0. The lowest BCUT2D eigenvalue weighted by Gasteiger charge is -2.32. The van der Waals surface area contributed by atoms with E-state index in [9.17, 15) is 0 Å². The van der Waals surface area contributed by atoms with Gasteiger partial charge in [-0.15, -0.1) is 11.3 Å². The minimum absolute atomic E-state index is 0.725. The van der Waals surface area contributed by atoms with Gasteiger partial charge in [0.25, 0.3) is 0 Å². The van der Waals surface area contributed by atoms with Crippen LogP contribution in [0.25, 0.3) is 0 Å². The lowest BCUT2D eigenvalue weighted by atomic mass is 10.0. The van der Waals surface area contributed by atoms with Gasteiger partial charge < -0.3 is 10.2 Å². The quantitative estimate of drug-likeness (QED) is 0.842. The van der Waals surface area contributed by atoms with E-state index in [-0.39, 0.29) is 0 Å². The molecule has 4 heteroatoms. The van der Waals surface area contributed by atoms with E-state index in [1.807, 2.05) is 6.20 Å². The van der Waals surface area contributed by atoms with Crippen molar-refractivity contribution >= 4 is 11.3 Å². The largest absolute Gasteiger partial charge is 0.313 e. The van der Waals surface area contributed by atoms with Crippen molar-refractivity contribution in [2.45, 2.75) is 38.6 Å². The highest BCUT2D eigenvalue weighted by molar-refractivity contribution is 7.09. The maximum Gasteiger partial charge on any atom is 0.0937 e. The zero-order chi connectivity index (χ0) is 11.9. The summed E-state index contributed by atoms with van der Waals surface area (Å²) in [6, 6.07) is 0.725. The molecule has 2 heterocycles. The lowest BCUT2D eigenvalue weighted by Crippen LogP contribution is -2.43. The van der Waals surface area contributed by atoms with Crippen LogP contribution in [-0.4, -0.2) is 42.1 Å². The van der Waals surface area contributed by atoms with Crippen LogP contribution in [0.5, 0.6) is 0 Å². The molecule has 0 amide bonds. The molecule has 0 saturated carbocycles. The van der Waals surface area contributed by atoms with Gasteiger partial charge in [-0.1, -0.05) is 6.92 Å². The fourth-order valence-electron chi connectivity index (χ4n) is 2.44. The average molecular weight is 253 g/mol. The van der Waals surface area contributed by atoms with Crippen LogP contribution in [0, 0.1) is 0 Å². The SMILES string of the molecule is CCCN1CCC(NCCc2nccs2)CC1. The second-order valence-electron chi connectivity index (χ2n) is 4.75. The van der Waals surface area contributed by atoms with Gasteiger partial charge >= 0.3 is 0 Å². The van der Waals surface area contributed by atoms with Crippen LogP contribution < -0.4 is 5.32 Å². The van der Waals surface area contributed by atoms with Crippen LogP contribution in [-0.2, 0) is 6.42 Å². The van der Waals surface area contributed by atoms with E-state index < -0.39 is 0 Å². The van der Waals surface area contributed by atoms with Crippen molar-refractivity contribution in [3.63, 3.8) is 0 Å². The fraction of sp³-hybridized carbons (Fsp3) is 0.769. The number of rotatable bonds is 6. The zero-order valence-corrected chi connectivity index (χ0v) is 11.5. The van der Waals surface area contributed by atoms with Gasteiger partial charge in [-0.2, -0.15) is 0 Å². The minimum atomic E-state index is 0.725. The van der Waals surface area contributed by atoms with Gasteiger partial charge in [0, 0.05) is 30.6 Å². The Hall–Kier alpha value is -0.450. The highest BCUT2D eigenvalue weighted by Gasteiger charge is 2.17. The Labute approximate surface area is 108 Å². The summed E-state index contributed by atoms with van der Waals surface area (Å²) in [6.07, 6.45) is 6.86. The fourth-order valence-corrected chi connectivity index (χ4v) is 3.06. The first-order chi connectivity index (χ1) is 8.38. The Morgan fingerprint density at radius 3 is 2.94 bits per heavy atom. The van der Waals surface area contributed by atoms with E-state index in [0.29, 0.717) is 0 Å². The van der Waals surface area contributed by atoms with Gasteiger partial charge in [-0.25, -0.2) is 4.98 Å². The molecule has 1 aliphatic rings. The van der Waals surface area contributed by atoms with Crippen LogP contribution in [0.1, 0.15) is 31.2 Å². The van der Waals surface area contributed by atoms with E-state index >= 15 is 0 Å². The van der Waals surface area contributed by atoms with Gasteiger partial charge in [0.15, 0.2) is 0 Å². The van der Waals surface area contributed by atoms with E-state index in [0.717, 1.165) is 19.0 Å². The molecular weight excluding hydrogens is 230 g/mol. The van der Waals surface area contributed by atoms with Crippen molar-refractivity contribution in [2.75, 3.05) is 26.2 Å². The molecule has 17 heavy (non-hydrogen) atoms. The summed E-state index contributed by atoms with van der Waals surface area (Å²) in [5, 5.41) is 6.97. The standard InChI is InChI=1S/C13H23N3S/c1-2-8-16-9-4-12(5-10-16)14-6-3-13-15-7-11-17-13/h7,11-12,14H,2-6,8-10H2,1H3. The highest BCUT2D eigenvalue weighted by Crippen LogP contribution is 2.11. The highest BCUT2D eigenvalue weighted by atomic mass is 32.1. The second-order valence-corrected chi connectivity index (χ2v) is 5.72. The molecule has 1 fully saturated rings. The number of nitrogens with one attached hydrogen (secondary N) is 1. The molecule has 0 aliphatic carbocycles. The van der Waals surface area contributed by atoms with Gasteiger partial charge in [0.1, 0.15) is 0 Å². The molecule has 1 aromatic heterocycles. The molecule has 0 spiro atoms. The summed E-state index contributed by atoms with van der Waals surface area (Å²) in [5.41, 5.74) is 0. The molecule has 0 aromatic carbocycles. The van der Waals surface area contributed by atoms with Crippen molar-refractivity contribution in [3.8, 4) is 0 Å². The minimum Gasteiger partial charge on any atom is -0.313 e. The number of nitrogens with zero attached hydrogens (tertiary/aromatic N) is 2. The summed E-state index contributed by atoms with van der Waals surface area (Å²) in [6.45, 7) is 7.14. The molecular formula is C13H23N3S. The second kappa shape index (κ2) is 7.09. The Morgan fingerprint density at radius 2 is 2.29 bits per heavy atom. The van der Waals surface area contributed by atoms with Gasteiger partial charge in [0.05, 0.1) is 5.01 Å². The molecule has 0 bridgehead atoms. The van der Waals surface area contributed by atoms with E-state index in [1.54, 1.807) is 11.3 Å². The maximum absolute atomic E-state index is 4.31. The lowest BCUT2D eigenvalue weighted by molar-refractivity contribution is 0.198. The summed E-state index contributed by atoms with van der Waals surface area (Å²) in [7, 11) is 0. The number of thiazole rings is 1. The molecule has 0 unspecified atom stereocenters. The molecule has 1 aromatic rings. The van der Waals surface area contributed by atoms with Gasteiger partial charge in [-0.3, -0.25) is 0 Å². The molecule has 1 saturated heterocycles. The first-order valence-electron chi connectivity index (χ1n) is 6.72. The number of hydrogen-bond donors (Lipinski definition) is 1. The van der Waals surface area contributed by atoms with Crippen molar-refractivity contribution < 1.29 is 0 Å². The smallest absolute Gasteiger partial charge is 0.0937 e. The summed E-state index contributed by atoms with van der Waals surface area (Å²) >= 11 is 1.76. The number of hydrogen-bond acceptors (Lipinski definition) is 4. The van der Waals surface area contributed by atoms with Crippen molar-refractivity contribution in [1.29, 1.82) is 0 Å². The Bertz CT molecular complexity index is 292. The molecule has 2 rings (SSSR count). The predicted molar refractivity (Wildman–Crippen MR) is 73.6 cm³/mol. The molecule has 0 radical (unpaired) electrons. The summed E-state index contributed by atoms with van der Waals surface area (Å²) in [4.78, 5) is 6.89. The molecule has 1 aliphatic heterocycles. The van der Waals surface area contributed by atoms with Crippen LogP contribution >= 0.6 is 11.3 Å².